The minimum atomic E-state index is -0.344. The molecule has 4 N–H and O–H groups in total. The van der Waals surface area contributed by atoms with Gasteiger partial charge in [-0.15, -0.1) is 5.10 Å². The van der Waals surface area contributed by atoms with Gasteiger partial charge in [0.15, 0.2) is 0 Å². The van der Waals surface area contributed by atoms with Crippen molar-refractivity contribution >= 4 is 17.5 Å². The van der Waals surface area contributed by atoms with Gasteiger partial charge >= 0.3 is 0 Å². The van der Waals surface area contributed by atoms with E-state index >= 15 is 0 Å². The maximum Gasteiger partial charge on any atom is 0.293 e. The summed E-state index contributed by atoms with van der Waals surface area (Å²) in [6, 6.07) is 5.90. The molecule has 6 nitrogen and oxygen atoms in total. The van der Waals surface area contributed by atoms with E-state index in [1.54, 1.807) is 0 Å². The van der Waals surface area contributed by atoms with Crippen molar-refractivity contribution in [3.05, 3.63) is 35.2 Å². The maximum absolute atomic E-state index is 11.9. The first-order chi connectivity index (χ1) is 8.61. The molecule has 1 aromatic carbocycles. The largest absolute Gasteiger partial charge is 0.366 e. The Bertz CT molecular complexity index is 576. The summed E-state index contributed by atoms with van der Waals surface area (Å²) in [5, 5.41) is 8.94. The lowest BCUT2D eigenvalue weighted by molar-refractivity contribution is 0.101. The minimum Gasteiger partial charge on any atom is -0.366 e. The lowest BCUT2D eigenvalue weighted by Crippen LogP contribution is -2.16. The normalized spacial score (nSPS) is 10.3. The number of nitrogens with zero attached hydrogens (tertiary/aromatic N) is 2. The van der Waals surface area contributed by atoms with E-state index < -0.39 is 0 Å². The number of nitrogens with one attached hydrogen (secondary N) is 2. The first-order valence-electron chi connectivity index (χ1n) is 5.69. The van der Waals surface area contributed by atoms with Gasteiger partial charge in [-0.05, 0) is 24.5 Å². The number of aryl methyl sites for hydroxylation is 2. The Morgan fingerprint density at radius 1 is 1.50 bits per heavy atom. The van der Waals surface area contributed by atoms with Crippen LogP contribution in [0.25, 0.3) is 0 Å². The predicted molar refractivity (Wildman–Crippen MR) is 69.3 cm³/mol. The third kappa shape index (κ3) is 2.32. The fourth-order valence-corrected chi connectivity index (χ4v) is 1.75. The van der Waals surface area contributed by atoms with Crippen LogP contribution in [0.4, 0.5) is 11.6 Å². The number of aromatic amines is 1. The molecule has 2 rings (SSSR count). The molecular formula is C12H15N5O. The number of amides is 1. The molecule has 94 valence electrons. The van der Waals surface area contributed by atoms with Crippen LogP contribution in [-0.4, -0.2) is 21.1 Å². The zero-order valence-corrected chi connectivity index (χ0v) is 10.3. The topological polar surface area (TPSA) is 96.7 Å². The Hall–Kier alpha value is -2.37. The molecule has 2 aromatic rings. The van der Waals surface area contributed by atoms with E-state index in [1.165, 1.54) is 0 Å². The predicted octanol–water partition coefficient (Wildman–Crippen LogP) is 1.51. The van der Waals surface area contributed by atoms with Crippen molar-refractivity contribution in [3.8, 4) is 0 Å². The second kappa shape index (κ2) is 4.87. The molecule has 0 atom stereocenters. The van der Waals surface area contributed by atoms with Crippen LogP contribution in [0.2, 0.25) is 0 Å². The number of hydrogen-bond donors (Lipinski definition) is 3. The number of carbonyl (C=O) groups is 1. The zero-order chi connectivity index (χ0) is 13.1. The molecule has 0 radical (unpaired) electrons. The highest BCUT2D eigenvalue weighted by Crippen LogP contribution is 2.21. The minimum absolute atomic E-state index is 0.0562. The van der Waals surface area contributed by atoms with Crippen LogP contribution in [0, 0.1) is 6.92 Å². The molecule has 0 aliphatic carbocycles. The average molecular weight is 245 g/mol. The van der Waals surface area contributed by atoms with E-state index in [9.17, 15) is 4.79 Å². The third-order valence-corrected chi connectivity index (χ3v) is 2.70. The molecule has 1 amide bonds. The summed E-state index contributed by atoms with van der Waals surface area (Å²) in [7, 11) is 0. The maximum atomic E-state index is 11.9. The van der Waals surface area contributed by atoms with E-state index in [4.69, 9.17) is 5.73 Å². The quantitative estimate of drug-likeness (QED) is 0.763. The van der Waals surface area contributed by atoms with Gasteiger partial charge in [0.1, 0.15) is 0 Å². The van der Waals surface area contributed by atoms with Crippen LogP contribution >= 0.6 is 0 Å². The van der Waals surface area contributed by atoms with Gasteiger partial charge < -0.3 is 11.1 Å². The highest BCUT2D eigenvalue weighted by molar-refractivity contribution is 6.02. The van der Waals surface area contributed by atoms with Crippen LogP contribution in [0.3, 0.4) is 0 Å². The van der Waals surface area contributed by atoms with Crippen molar-refractivity contribution in [2.75, 3.05) is 11.1 Å². The Morgan fingerprint density at radius 2 is 2.28 bits per heavy atom. The van der Waals surface area contributed by atoms with Crippen LogP contribution < -0.4 is 11.1 Å². The molecule has 6 heteroatoms. The summed E-state index contributed by atoms with van der Waals surface area (Å²) >= 11 is 0. The number of anilines is 2. The van der Waals surface area contributed by atoms with Crippen molar-refractivity contribution in [2.24, 2.45) is 0 Å². The molecule has 0 fully saturated rings. The standard InChI is InChI=1S/C12H15N5O/c1-3-8-6-4-5-7(2)9(8)14-11(18)10-15-12(13)17-16-10/h4-6H,3H2,1-2H3,(H,14,18)(H3,13,15,16,17). The Morgan fingerprint density at radius 3 is 2.89 bits per heavy atom. The number of para-hydroxylation sites is 1. The van der Waals surface area contributed by atoms with Crippen LogP contribution in [0.1, 0.15) is 28.7 Å². The number of carbonyl (C=O) groups excluding carboxylic acids is 1. The summed E-state index contributed by atoms with van der Waals surface area (Å²) in [6.45, 7) is 3.99. The second-order valence-electron chi connectivity index (χ2n) is 3.96. The lowest BCUT2D eigenvalue weighted by Gasteiger charge is -2.11. The van der Waals surface area contributed by atoms with E-state index in [-0.39, 0.29) is 17.7 Å². The van der Waals surface area contributed by atoms with E-state index in [0.717, 1.165) is 23.2 Å². The molecule has 0 saturated heterocycles. The van der Waals surface area contributed by atoms with Crippen molar-refractivity contribution in [1.82, 2.24) is 15.2 Å². The third-order valence-electron chi connectivity index (χ3n) is 2.70. The lowest BCUT2D eigenvalue weighted by atomic mass is 10.1. The van der Waals surface area contributed by atoms with E-state index in [0.29, 0.717) is 0 Å². The van der Waals surface area contributed by atoms with Crippen molar-refractivity contribution in [1.29, 1.82) is 0 Å². The monoisotopic (exact) mass is 245 g/mol. The molecule has 0 bridgehead atoms. The summed E-state index contributed by atoms with van der Waals surface area (Å²) in [4.78, 5) is 15.7. The summed E-state index contributed by atoms with van der Waals surface area (Å²) in [6.07, 6.45) is 0.843. The van der Waals surface area contributed by atoms with Gasteiger partial charge in [0.25, 0.3) is 5.91 Å². The van der Waals surface area contributed by atoms with Crippen molar-refractivity contribution in [3.63, 3.8) is 0 Å². The number of hydrogen-bond acceptors (Lipinski definition) is 4. The highest BCUT2D eigenvalue weighted by Gasteiger charge is 2.13. The summed E-state index contributed by atoms with van der Waals surface area (Å²) in [5.74, 6) is -0.179. The average Bonchev–Trinajstić information content (AvgIpc) is 2.78. The Kier molecular flexibility index (Phi) is 3.27. The van der Waals surface area contributed by atoms with E-state index in [1.807, 2.05) is 32.0 Å². The van der Waals surface area contributed by atoms with Gasteiger partial charge in [0.05, 0.1) is 0 Å². The summed E-state index contributed by atoms with van der Waals surface area (Å²) in [5.41, 5.74) is 8.27. The molecule has 0 unspecified atom stereocenters. The van der Waals surface area contributed by atoms with Gasteiger partial charge in [-0.3, -0.25) is 9.89 Å². The van der Waals surface area contributed by atoms with Gasteiger partial charge in [-0.25, -0.2) is 0 Å². The molecule has 0 aliphatic heterocycles. The first kappa shape index (κ1) is 12.1. The molecule has 0 saturated carbocycles. The summed E-state index contributed by atoms with van der Waals surface area (Å²) < 4.78 is 0. The number of H-pyrrole nitrogens is 1. The first-order valence-corrected chi connectivity index (χ1v) is 5.69. The highest BCUT2D eigenvalue weighted by atomic mass is 16.2. The smallest absolute Gasteiger partial charge is 0.293 e. The molecule has 0 aliphatic rings. The fourth-order valence-electron chi connectivity index (χ4n) is 1.75. The van der Waals surface area contributed by atoms with Gasteiger partial charge in [0.2, 0.25) is 11.8 Å². The molecule has 1 heterocycles. The van der Waals surface area contributed by atoms with Crippen molar-refractivity contribution in [2.45, 2.75) is 20.3 Å². The molecule has 0 spiro atoms. The van der Waals surface area contributed by atoms with Crippen LogP contribution in [0.15, 0.2) is 18.2 Å². The fraction of sp³-hybridized carbons (Fsp3) is 0.250. The van der Waals surface area contributed by atoms with Crippen LogP contribution in [0.5, 0.6) is 0 Å². The molecule has 18 heavy (non-hydrogen) atoms. The number of nitrogen functional groups attached to an aromatic ring is 1. The van der Waals surface area contributed by atoms with Crippen LogP contribution in [-0.2, 0) is 6.42 Å². The Labute approximate surface area is 105 Å². The molecule has 1 aromatic heterocycles. The van der Waals surface area contributed by atoms with Gasteiger partial charge in [-0.1, -0.05) is 25.1 Å². The van der Waals surface area contributed by atoms with Crippen molar-refractivity contribution < 1.29 is 4.79 Å². The zero-order valence-electron chi connectivity index (χ0n) is 10.3. The SMILES string of the molecule is CCc1cccc(C)c1NC(=O)c1nc(N)n[nH]1. The second-order valence-corrected chi connectivity index (χ2v) is 3.96. The Balaban J connectivity index is 2.26. The number of rotatable bonds is 3. The molecular weight excluding hydrogens is 230 g/mol. The van der Waals surface area contributed by atoms with Gasteiger partial charge in [0, 0.05) is 5.69 Å². The number of benzene rings is 1. The number of nitrogens with two attached hydrogens (primary N) is 1. The van der Waals surface area contributed by atoms with E-state index in [2.05, 4.69) is 20.5 Å². The van der Waals surface area contributed by atoms with Gasteiger partial charge in [-0.2, -0.15) is 4.98 Å². The number of aromatic nitrogens is 3.